The molecule has 0 fully saturated rings. The maximum atomic E-state index is 17.9. The summed E-state index contributed by atoms with van der Waals surface area (Å²) in [6.45, 7) is 78.0. The summed E-state index contributed by atoms with van der Waals surface area (Å²) in [6, 6.07) is 26.3. The van der Waals surface area contributed by atoms with E-state index in [1.54, 1.807) is 0 Å². The van der Waals surface area contributed by atoms with Gasteiger partial charge in [0.05, 0.1) is 0 Å². The van der Waals surface area contributed by atoms with Crippen molar-refractivity contribution in [2.75, 3.05) is 0 Å². The molecule has 6 aromatic carbocycles. The second kappa shape index (κ2) is 25.6. The van der Waals surface area contributed by atoms with Crippen molar-refractivity contribution in [1.82, 2.24) is 0 Å². The number of benzene rings is 6. The Morgan fingerprint density at radius 2 is 0.326 bits per heavy atom. The summed E-state index contributed by atoms with van der Waals surface area (Å²) < 4.78 is 40.8. The molecule has 0 aliphatic heterocycles. The molecule has 0 unspecified atom stereocenters. The number of rotatable bonds is 12. The number of phosphoric ester groups is 1. The lowest BCUT2D eigenvalue weighted by Gasteiger charge is -2.36. The minimum Gasteiger partial charge on any atom is -0.507 e. The summed E-state index contributed by atoms with van der Waals surface area (Å²) in [5.74, 6) is 2.42. The number of hydrogen-bond acceptors (Lipinski definition) is 7. The van der Waals surface area contributed by atoms with Gasteiger partial charge in [-0.05, 0) is 151 Å². The fourth-order valence-electron chi connectivity index (χ4n) is 12.9. The van der Waals surface area contributed by atoms with Gasteiger partial charge in [-0.3, -0.25) is 0 Å². The Hall–Kier alpha value is -5.65. The molecule has 0 saturated heterocycles. The lowest BCUT2D eigenvalue weighted by molar-refractivity contribution is 0.283. The van der Waals surface area contributed by atoms with Crippen molar-refractivity contribution >= 4 is 7.82 Å². The standard InChI is InChI=1S/C87H129O7P/c1-76(2,3)58-40-52(41-59(70(58)88)77(4,5)6)37-55-46-64(82(19,20)21)73(65(47-55)83(22,23)24)92-95(91,93-74-66(84(25,26)27)48-56(49-67(74)85(28,29)30)38-53-42-60(78(7,8)9)71(89)61(43-53)79(10,11)12)94-75-68(86(31,32)33)50-57(51-69(75)87(34,35)36)39-54-44-62(80(13,14)15)72(90)63(45-54)81(16,17)18/h40-51,88-90H,37-39H2,1-36H3. The Balaban J connectivity index is 1.76. The van der Waals surface area contributed by atoms with E-state index in [4.69, 9.17) is 13.6 Å². The molecule has 0 aliphatic carbocycles. The van der Waals surface area contributed by atoms with E-state index in [2.05, 4.69) is 322 Å². The summed E-state index contributed by atoms with van der Waals surface area (Å²) in [7, 11) is -4.96. The van der Waals surface area contributed by atoms with Gasteiger partial charge in [-0.15, -0.1) is 0 Å². The summed E-state index contributed by atoms with van der Waals surface area (Å²) in [6.07, 6.45) is 1.73. The predicted octanol–water partition coefficient (Wildman–Crippen LogP) is 24.8. The van der Waals surface area contributed by atoms with Gasteiger partial charge < -0.3 is 28.9 Å². The van der Waals surface area contributed by atoms with E-state index in [0.717, 1.165) is 100 Å². The summed E-state index contributed by atoms with van der Waals surface area (Å²) in [4.78, 5) is 0. The zero-order valence-corrected chi connectivity index (χ0v) is 67.4. The van der Waals surface area contributed by atoms with Crippen LogP contribution in [-0.2, 0) is 88.8 Å². The van der Waals surface area contributed by atoms with Crippen LogP contribution in [0.15, 0.2) is 72.8 Å². The van der Waals surface area contributed by atoms with Gasteiger partial charge in [0, 0.05) is 33.4 Å². The molecule has 6 aromatic rings. The van der Waals surface area contributed by atoms with Crippen LogP contribution in [0, 0.1) is 0 Å². The van der Waals surface area contributed by atoms with Gasteiger partial charge in [0.2, 0.25) is 0 Å². The van der Waals surface area contributed by atoms with Crippen LogP contribution >= 0.6 is 7.82 Å². The summed E-state index contributed by atoms with van der Waals surface area (Å²) in [5.41, 5.74) is 11.9. The van der Waals surface area contributed by atoms with E-state index in [1.807, 2.05) is 0 Å². The fraction of sp³-hybridized carbons (Fsp3) is 0.586. The Kier molecular flexibility index (Phi) is 21.1. The van der Waals surface area contributed by atoms with Gasteiger partial charge in [0.25, 0.3) is 0 Å². The first kappa shape index (κ1) is 78.3. The van der Waals surface area contributed by atoms with E-state index in [1.165, 1.54) is 0 Å². The Bertz CT molecular complexity index is 3260. The van der Waals surface area contributed by atoms with E-state index >= 15 is 4.57 Å². The third-order valence-electron chi connectivity index (χ3n) is 18.5. The van der Waals surface area contributed by atoms with Crippen LogP contribution in [0.25, 0.3) is 0 Å². The largest absolute Gasteiger partial charge is 0.647 e. The van der Waals surface area contributed by atoms with Crippen LogP contribution in [0.2, 0.25) is 0 Å². The van der Waals surface area contributed by atoms with E-state index in [-0.39, 0.29) is 32.5 Å². The lowest BCUT2D eigenvalue weighted by atomic mass is 9.76. The molecule has 524 valence electrons. The van der Waals surface area contributed by atoms with Crippen molar-refractivity contribution < 1.29 is 33.5 Å². The third kappa shape index (κ3) is 18.4. The highest BCUT2D eigenvalue weighted by Crippen LogP contribution is 2.60. The minimum atomic E-state index is -4.96. The highest BCUT2D eigenvalue weighted by atomic mass is 31.2. The second-order valence-corrected chi connectivity index (χ2v) is 41.9. The predicted molar refractivity (Wildman–Crippen MR) is 406 cm³/mol. The molecule has 0 aromatic heterocycles. The number of phosphoric acid groups is 1. The van der Waals surface area contributed by atoms with E-state index in [9.17, 15) is 15.3 Å². The number of phenolic OH excluding ortho intramolecular Hbond substituents is 3. The number of aromatic hydroxyl groups is 3. The van der Waals surface area contributed by atoms with Gasteiger partial charge >= 0.3 is 7.82 Å². The normalized spacial score (nSPS) is 14.0. The smallest absolute Gasteiger partial charge is 0.507 e. The van der Waals surface area contributed by atoms with Crippen LogP contribution < -0.4 is 13.6 Å². The zero-order valence-electron chi connectivity index (χ0n) is 66.5. The molecule has 3 N–H and O–H groups in total. The SMILES string of the molecule is CC(C)(C)c1cc(Cc2cc(C(C)(C)C)c(OP(=O)(Oc3c(C(C)(C)C)cc(Cc4cc(C(C)(C)C)c(O)c(C(C)(C)C)c4)cc3C(C)(C)C)Oc3c(C(C)(C)C)cc(Cc4cc(C(C)(C)C)c(O)c(C(C)(C)C)c4)cc3C(C)(C)C)c(C(C)(C)C)c2)cc(C(C)(C)C)c1O. The van der Waals surface area contributed by atoms with Gasteiger partial charge in [0.1, 0.15) is 34.5 Å². The maximum Gasteiger partial charge on any atom is 0.647 e. The Labute approximate surface area is 579 Å². The van der Waals surface area contributed by atoms with Crippen molar-refractivity contribution in [2.24, 2.45) is 0 Å². The van der Waals surface area contributed by atoms with Gasteiger partial charge in [0.15, 0.2) is 0 Å². The zero-order chi connectivity index (χ0) is 73.1. The topological polar surface area (TPSA) is 105 Å². The van der Waals surface area contributed by atoms with Gasteiger partial charge in [-0.1, -0.05) is 322 Å². The van der Waals surface area contributed by atoms with Crippen molar-refractivity contribution in [2.45, 2.75) is 333 Å². The summed E-state index contributed by atoms with van der Waals surface area (Å²) >= 11 is 0. The van der Waals surface area contributed by atoms with Gasteiger partial charge in [-0.25, -0.2) is 0 Å². The van der Waals surface area contributed by atoms with E-state index < -0.39 is 40.3 Å². The van der Waals surface area contributed by atoms with Crippen LogP contribution in [0.1, 0.15) is 349 Å². The molecule has 0 saturated carbocycles. The Morgan fingerprint density at radius 3 is 0.432 bits per heavy atom. The quantitative estimate of drug-likeness (QED) is 0.105. The second-order valence-electron chi connectivity index (χ2n) is 40.4. The van der Waals surface area contributed by atoms with Crippen molar-refractivity contribution in [3.8, 4) is 34.5 Å². The highest BCUT2D eigenvalue weighted by Gasteiger charge is 2.45. The Morgan fingerprint density at radius 1 is 0.221 bits per heavy atom. The molecule has 0 heterocycles. The molecule has 95 heavy (non-hydrogen) atoms. The molecule has 0 amide bonds. The molecule has 8 heteroatoms. The molecule has 7 nitrogen and oxygen atoms in total. The minimum absolute atomic E-state index is 0.315. The molecule has 6 rings (SSSR count). The van der Waals surface area contributed by atoms with Crippen LogP contribution in [0.4, 0.5) is 0 Å². The van der Waals surface area contributed by atoms with Crippen LogP contribution in [-0.4, -0.2) is 15.3 Å². The molecular formula is C87H129O7P. The lowest BCUT2D eigenvalue weighted by Crippen LogP contribution is -2.25. The molecular weight excluding hydrogens is 1190 g/mol. The van der Waals surface area contributed by atoms with Crippen molar-refractivity contribution in [3.63, 3.8) is 0 Å². The molecule has 0 spiro atoms. The highest BCUT2D eigenvalue weighted by molar-refractivity contribution is 7.49. The molecule has 0 bridgehead atoms. The molecule has 0 aliphatic rings. The fourth-order valence-corrected chi connectivity index (χ4v) is 14.3. The third-order valence-corrected chi connectivity index (χ3v) is 19.7. The number of phenols is 3. The monoisotopic (exact) mass is 1320 g/mol. The first-order chi connectivity index (χ1) is 42.2. The van der Waals surface area contributed by atoms with Crippen molar-refractivity contribution in [1.29, 1.82) is 0 Å². The molecule has 0 atom stereocenters. The number of hydrogen-bond donors (Lipinski definition) is 3. The van der Waals surface area contributed by atoms with Crippen LogP contribution in [0.5, 0.6) is 34.5 Å². The van der Waals surface area contributed by atoms with E-state index in [0.29, 0.717) is 53.8 Å². The average Bonchev–Trinajstić information content (AvgIpc) is 0.752. The van der Waals surface area contributed by atoms with Crippen molar-refractivity contribution in [3.05, 3.63) is 173 Å². The summed E-state index contributed by atoms with van der Waals surface area (Å²) in [5, 5.41) is 35.6. The first-order valence-corrected chi connectivity index (χ1v) is 36.5. The van der Waals surface area contributed by atoms with Crippen LogP contribution in [0.3, 0.4) is 0 Å². The molecule has 0 radical (unpaired) electrons. The maximum absolute atomic E-state index is 17.9. The average molecular weight is 1320 g/mol. The first-order valence-electron chi connectivity index (χ1n) is 35.1. The van der Waals surface area contributed by atoms with Gasteiger partial charge in [-0.2, -0.15) is 4.57 Å².